The van der Waals surface area contributed by atoms with Gasteiger partial charge in [0.05, 0.1) is 23.8 Å². The topological polar surface area (TPSA) is 96.5 Å². The third kappa shape index (κ3) is 4.51. The van der Waals surface area contributed by atoms with Gasteiger partial charge < -0.3 is 15.4 Å². The lowest BCUT2D eigenvalue weighted by atomic mass is 9.92. The first-order valence-electron chi connectivity index (χ1n) is 8.53. The van der Waals surface area contributed by atoms with Crippen molar-refractivity contribution in [2.24, 2.45) is 11.8 Å². The molecule has 0 spiro atoms. The summed E-state index contributed by atoms with van der Waals surface area (Å²) in [5.74, 6) is -0.00748. The molecule has 5 unspecified atom stereocenters. The lowest BCUT2D eigenvalue weighted by Gasteiger charge is -2.32. The highest BCUT2D eigenvalue weighted by Crippen LogP contribution is 2.35. The average molecular weight is 386 g/mol. The van der Waals surface area contributed by atoms with E-state index >= 15 is 0 Å². The summed E-state index contributed by atoms with van der Waals surface area (Å²) in [7, 11) is 0. The van der Waals surface area contributed by atoms with Crippen molar-refractivity contribution in [1.29, 1.82) is 0 Å². The first kappa shape index (κ1) is 18.6. The summed E-state index contributed by atoms with van der Waals surface area (Å²) in [6.07, 6.45) is 2.98. The van der Waals surface area contributed by atoms with Crippen LogP contribution in [0.3, 0.4) is 0 Å². The molecular weight excluding hydrogens is 362 g/mol. The second-order valence-corrected chi connectivity index (χ2v) is 8.67. The molecule has 0 radical (unpaired) electrons. The standard InChI is InChI=1S/C16H23N3O4S2/c1-2-23-16(22)19-14(21)10-3-5-25-15(10)18-13(20)9-7-12-11(17-8-9)4-6-24-12/h3,5,9-12,15,17H,2,4,6-8H2,1H3,(H,18,20)(H,19,21,22). The fourth-order valence-corrected chi connectivity index (χ4v) is 5.85. The fourth-order valence-electron chi connectivity index (χ4n) is 3.33. The van der Waals surface area contributed by atoms with Crippen molar-refractivity contribution in [3.8, 4) is 0 Å². The van der Waals surface area contributed by atoms with Crippen LogP contribution in [0.15, 0.2) is 11.5 Å². The molecular formula is C16H23N3O4S2. The van der Waals surface area contributed by atoms with Gasteiger partial charge in [0.1, 0.15) is 0 Å². The summed E-state index contributed by atoms with van der Waals surface area (Å²) in [5.41, 5.74) is 0. The van der Waals surface area contributed by atoms with E-state index in [9.17, 15) is 14.4 Å². The highest BCUT2D eigenvalue weighted by molar-refractivity contribution is 8.03. The maximum atomic E-state index is 12.6. The molecule has 3 aliphatic rings. The molecule has 0 aliphatic carbocycles. The zero-order valence-corrected chi connectivity index (χ0v) is 15.7. The van der Waals surface area contributed by atoms with Gasteiger partial charge in [-0.25, -0.2) is 4.79 Å². The molecule has 0 aromatic carbocycles. The highest BCUT2D eigenvalue weighted by atomic mass is 32.2. The lowest BCUT2D eigenvalue weighted by Crippen LogP contribution is -2.52. The number of imide groups is 1. The van der Waals surface area contributed by atoms with Gasteiger partial charge in [-0.2, -0.15) is 11.8 Å². The minimum absolute atomic E-state index is 0.0337. The number of nitrogens with one attached hydrogen (secondary N) is 3. The number of hydrogen-bond donors (Lipinski definition) is 3. The van der Waals surface area contributed by atoms with E-state index in [-0.39, 0.29) is 18.4 Å². The normalized spacial score (nSPS) is 33.6. The number of carbonyl (C=O) groups is 3. The van der Waals surface area contributed by atoms with Gasteiger partial charge in [0.25, 0.3) is 0 Å². The average Bonchev–Trinajstić information content (AvgIpc) is 3.22. The monoisotopic (exact) mass is 385 g/mol. The molecule has 138 valence electrons. The second-order valence-electron chi connectivity index (χ2n) is 6.27. The van der Waals surface area contributed by atoms with Crippen LogP contribution in [-0.2, 0) is 14.3 Å². The maximum Gasteiger partial charge on any atom is 0.413 e. The van der Waals surface area contributed by atoms with E-state index in [2.05, 4.69) is 16.0 Å². The summed E-state index contributed by atoms with van der Waals surface area (Å²) in [6, 6.07) is 0.527. The predicted octanol–water partition coefficient (Wildman–Crippen LogP) is 1.06. The van der Waals surface area contributed by atoms with Crippen molar-refractivity contribution < 1.29 is 19.1 Å². The molecule has 25 heavy (non-hydrogen) atoms. The molecule has 2 fully saturated rings. The first-order valence-corrected chi connectivity index (χ1v) is 10.5. The number of rotatable bonds is 4. The van der Waals surface area contributed by atoms with Gasteiger partial charge in [0.15, 0.2) is 0 Å². The first-order chi connectivity index (χ1) is 12.1. The molecule has 0 bridgehead atoms. The smallest absolute Gasteiger partial charge is 0.413 e. The SMILES string of the molecule is CCOC(=O)NC(=O)C1C=CSC1NC(=O)C1CNC2CCSC2C1. The quantitative estimate of drug-likeness (QED) is 0.666. The number of ether oxygens (including phenoxy) is 1. The third-order valence-electron chi connectivity index (χ3n) is 4.65. The van der Waals surface area contributed by atoms with Gasteiger partial charge in [0.2, 0.25) is 11.8 Å². The highest BCUT2D eigenvalue weighted by Gasteiger charge is 2.39. The Balaban J connectivity index is 1.52. The van der Waals surface area contributed by atoms with Gasteiger partial charge in [0, 0.05) is 17.8 Å². The summed E-state index contributed by atoms with van der Waals surface area (Å²) >= 11 is 3.31. The van der Waals surface area contributed by atoms with Crippen LogP contribution in [0.5, 0.6) is 0 Å². The minimum Gasteiger partial charge on any atom is -0.450 e. The molecule has 9 heteroatoms. The number of alkyl carbamates (subject to hydrolysis) is 1. The number of thioether (sulfide) groups is 2. The van der Waals surface area contributed by atoms with Crippen LogP contribution in [0.2, 0.25) is 0 Å². The van der Waals surface area contributed by atoms with Crippen molar-refractivity contribution in [3.05, 3.63) is 11.5 Å². The fraction of sp³-hybridized carbons (Fsp3) is 0.688. The molecule has 0 aromatic heterocycles. The zero-order chi connectivity index (χ0) is 17.8. The van der Waals surface area contributed by atoms with Crippen LogP contribution in [0.4, 0.5) is 4.79 Å². The maximum absolute atomic E-state index is 12.6. The Morgan fingerprint density at radius 1 is 1.32 bits per heavy atom. The zero-order valence-electron chi connectivity index (χ0n) is 14.0. The van der Waals surface area contributed by atoms with E-state index < -0.39 is 23.3 Å². The summed E-state index contributed by atoms with van der Waals surface area (Å²) < 4.78 is 4.72. The Kier molecular flexibility index (Phi) is 6.29. The Labute approximate surface area is 155 Å². The van der Waals surface area contributed by atoms with Crippen LogP contribution >= 0.6 is 23.5 Å². The van der Waals surface area contributed by atoms with Gasteiger partial charge in [-0.15, -0.1) is 11.8 Å². The molecule has 3 N–H and O–H groups in total. The number of piperidine rings is 1. The number of fused-ring (bicyclic) bond motifs is 1. The van der Waals surface area contributed by atoms with E-state index in [4.69, 9.17) is 4.74 Å². The molecule has 3 aliphatic heterocycles. The molecule has 0 aromatic rings. The van der Waals surface area contributed by atoms with Crippen molar-refractivity contribution in [2.45, 2.75) is 36.4 Å². The van der Waals surface area contributed by atoms with Gasteiger partial charge >= 0.3 is 6.09 Å². The van der Waals surface area contributed by atoms with E-state index in [0.29, 0.717) is 17.8 Å². The van der Waals surface area contributed by atoms with E-state index in [1.54, 1.807) is 18.4 Å². The molecule has 0 saturated carbocycles. The van der Waals surface area contributed by atoms with Crippen molar-refractivity contribution >= 4 is 41.4 Å². The van der Waals surface area contributed by atoms with E-state index in [1.165, 1.54) is 18.2 Å². The summed E-state index contributed by atoms with van der Waals surface area (Å²) in [5, 5.41) is 10.5. The Morgan fingerprint density at radius 2 is 2.16 bits per heavy atom. The van der Waals surface area contributed by atoms with Crippen LogP contribution in [0.1, 0.15) is 19.8 Å². The van der Waals surface area contributed by atoms with Crippen LogP contribution < -0.4 is 16.0 Å². The number of amides is 3. The summed E-state index contributed by atoms with van der Waals surface area (Å²) in [4.78, 5) is 36.2. The summed E-state index contributed by atoms with van der Waals surface area (Å²) in [6.45, 7) is 2.55. The molecule has 3 amide bonds. The van der Waals surface area contributed by atoms with Crippen molar-refractivity contribution in [3.63, 3.8) is 0 Å². The molecule has 7 nitrogen and oxygen atoms in total. The molecule has 3 rings (SSSR count). The van der Waals surface area contributed by atoms with Crippen LogP contribution in [0.25, 0.3) is 0 Å². The Bertz CT molecular complexity index is 572. The Hall–Kier alpha value is -1.19. The van der Waals surface area contributed by atoms with Gasteiger partial charge in [-0.1, -0.05) is 6.08 Å². The van der Waals surface area contributed by atoms with Crippen molar-refractivity contribution in [1.82, 2.24) is 16.0 Å². The van der Waals surface area contributed by atoms with Crippen LogP contribution in [-0.4, -0.2) is 53.5 Å². The molecule has 2 saturated heterocycles. The minimum atomic E-state index is -0.761. The van der Waals surface area contributed by atoms with E-state index in [0.717, 1.165) is 12.2 Å². The largest absolute Gasteiger partial charge is 0.450 e. The van der Waals surface area contributed by atoms with Crippen molar-refractivity contribution in [2.75, 3.05) is 18.9 Å². The predicted molar refractivity (Wildman–Crippen MR) is 98.1 cm³/mol. The number of carbonyl (C=O) groups excluding carboxylic acids is 3. The van der Waals surface area contributed by atoms with Gasteiger partial charge in [-0.05, 0) is 30.9 Å². The van der Waals surface area contributed by atoms with E-state index in [1.807, 2.05) is 11.8 Å². The molecule has 3 heterocycles. The Morgan fingerprint density at radius 3 is 2.96 bits per heavy atom. The van der Waals surface area contributed by atoms with Gasteiger partial charge in [-0.3, -0.25) is 14.9 Å². The molecule has 5 atom stereocenters. The third-order valence-corrected chi connectivity index (χ3v) is 7.09. The number of hydrogen-bond acceptors (Lipinski definition) is 7. The van der Waals surface area contributed by atoms with Crippen LogP contribution in [0, 0.1) is 11.8 Å². The lowest BCUT2D eigenvalue weighted by molar-refractivity contribution is -0.126. The second kappa shape index (κ2) is 8.46.